The molecule has 1 aromatic carbocycles. The summed E-state index contributed by atoms with van der Waals surface area (Å²) in [4.78, 5) is 12.0. The Bertz CT molecular complexity index is 475. The minimum Gasteiger partial charge on any atom is -0.368 e. The summed E-state index contributed by atoms with van der Waals surface area (Å²) in [6.07, 6.45) is 2.34. The van der Waals surface area contributed by atoms with Crippen molar-refractivity contribution in [1.82, 2.24) is 4.31 Å². The van der Waals surface area contributed by atoms with E-state index < -0.39 is 22.9 Å². The summed E-state index contributed by atoms with van der Waals surface area (Å²) >= 11 is 0. The third-order valence-corrected chi connectivity index (χ3v) is 4.84. The molecule has 0 aromatic heterocycles. The van der Waals surface area contributed by atoms with Gasteiger partial charge in [-0.05, 0) is 43.5 Å². The van der Waals surface area contributed by atoms with Gasteiger partial charge in [0.25, 0.3) is 0 Å². The summed E-state index contributed by atoms with van der Waals surface area (Å²) in [6, 6.07) is 7.10. The number of nitrogens with zero attached hydrogens (tertiary/aromatic N) is 1. The topological polar surface area (TPSA) is 89.4 Å². The Balaban J connectivity index is 2.12. The second-order valence-electron chi connectivity index (χ2n) is 4.63. The highest BCUT2D eigenvalue weighted by Crippen LogP contribution is 2.23. The smallest absolute Gasteiger partial charge is 0.235 e. The molecular weight excluding hydrogens is 262 g/mol. The van der Waals surface area contributed by atoms with Gasteiger partial charge in [-0.15, -0.1) is 0 Å². The quantitative estimate of drug-likeness (QED) is 0.805. The molecule has 1 aliphatic rings. The second-order valence-corrected chi connectivity index (χ2v) is 6.07. The van der Waals surface area contributed by atoms with Crippen LogP contribution in [0, 0.1) is 0 Å². The van der Waals surface area contributed by atoms with Crippen molar-refractivity contribution in [3.8, 4) is 0 Å². The minimum atomic E-state index is -1.32. The Morgan fingerprint density at radius 3 is 2.63 bits per heavy atom. The lowest BCUT2D eigenvalue weighted by Gasteiger charge is -2.20. The molecule has 1 aliphatic heterocycles. The molecule has 1 heterocycles. The Morgan fingerprint density at radius 2 is 2.05 bits per heavy atom. The third-order valence-electron chi connectivity index (χ3n) is 3.30. The van der Waals surface area contributed by atoms with Gasteiger partial charge in [0, 0.05) is 6.54 Å². The summed E-state index contributed by atoms with van der Waals surface area (Å²) in [5.74, 6) is -0.398. The molecule has 2 atom stereocenters. The SMILES string of the molecule is NCCc1ccc(S(=O)N2CCC[C@H]2C(N)=O)cc1. The number of hydrogen-bond acceptors (Lipinski definition) is 3. The number of primary amides is 1. The molecule has 0 saturated carbocycles. The number of benzene rings is 1. The van der Waals surface area contributed by atoms with Crippen LogP contribution in [0.3, 0.4) is 0 Å². The van der Waals surface area contributed by atoms with E-state index >= 15 is 0 Å². The van der Waals surface area contributed by atoms with E-state index in [0.717, 1.165) is 18.4 Å². The molecule has 2 rings (SSSR count). The molecule has 5 nitrogen and oxygen atoms in total. The van der Waals surface area contributed by atoms with Crippen LogP contribution in [0.2, 0.25) is 0 Å². The molecule has 0 radical (unpaired) electrons. The second kappa shape index (κ2) is 6.27. The van der Waals surface area contributed by atoms with Gasteiger partial charge in [-0.3, -0.25) is 4.79 Å². The van der Waals surface area contributed by atoms with Crippen LogP contribution in [-0.2, 0) is 22.2 Å². The number of hydrogen-bond donors (Lipinski definition) is 2. The standard InChI is InChI=1S/C13H19N3O2S/c14-8-7-10-3-5-11(6-4-10)19(18)16-9-1-2-12(16)13(15)17/h3-6,12H,1-2,7-9,14H2,(H2,15,17)/t12-,19?/m0/s1. The summed E-state index contributed by atoms with van der Waals surface area (Å²) in [5.41, 5.74) is 11.9. The van der Waals surface area contributed by atoms with Crippen molar-refractivity contribution < 1.29 is 9.00 Å². The van der Waals surface area contributed by atoms with Crippen molar-refractivity contribution >= 4 is 16.9 Å². The van der Waals surface area contributed by atoms with E-state index in [-0.39, 0.29) is 0 Å². The monoisotopic (exact) mass is 281 g/mol. The highest BCUT2D eigenvalue weighted by Gasteiger charge is 2.33. The molecule has 0 spiro atoms. The fourth-order valence-corrected chi connectivity index (χ4v) is 3.67. The van der Waals surface area contributed by atoms with Crippen LogP contribution in [0.15, 0.2) is 29.2 Å². The summed E-state index contributed by atoms with van der Waals surface area (Å²) in [5, 5.41) is 0. The van der Waals surface area contributed by atoms with Gasteiger partial charge in [0.05, 0.1) is 4.90 Å². The average molecular weight is 281 g/mol. The first-order valence-corrected chi connectivity index (χ1v) is 7.51. The predicted molar refractivity (Wildman–Crippen MR) is 74.5 cm³/mol. The first-order valence-electron chi connectivity index (χ1n) is 6.40. The molecule has 4 N–H and O–H groups in total. The van der Waals surface area contributed by atoms with Crippen LogP contribution >= 0.6 is 0 Å². The Kier molecular flexibility index (Phi) is 4.68. The maximum atomic E-state index is 12.4. The minimum absolute atomic E-state index is 0.398. The summed E-state index contributed by atoms with van der Waals surface area (Å²) in [6.45, 7) is 1.24. The highest BCUT2D eigenvalue weighted by atomic mass is 32.2. The fraction of sp³-hybridized carbons (Fsp3) is 0.462. The Labute approximate surface area is 115 Å². The first kappa shape index (κ1) is 14.2. The largest absolute Gasteiger partial charge is 0.368 e. The normalized spacial score (nSPS) is 21.4. The van der Waals surface area contributed by atoms with Crippen molar-refractivity contribution in [2.24, 2.45) is 11.5 Å². The average Bonchev–Trinajstić information content (AvgIpc) is 2.88. The van der Waals surface area contributed by atoms with Gasteiger partial charge in [0.2, 0.25) is 5.91 Å². The van der Waals surface area contributed by atoms with Crippen LogP contribution in [0.4, 0.5) is 0 Å². The molecule has 0 bridgehead atoms. The predicted octanol–water partition coefficient (Wildman–Crippen LogP) is 0.160. The van der Waals surface area contributed by atoms with Gasteiger partial charge in [0.1, 0.15) is 17.0 Å². The van der Waals surface area contributed by atoms with Gasteiger partial charge in [-0.2, -0.15) is 0 Å². The molecule has 1 fully saturated rings. The molecule has 1 amide bonds. The van der Waals surface area contributed by atoms with E-state index in [9.17, 15) is 9.00 Å². The molecule has 104 valence electrons. The molecular formula is C13H19N3O2S. The van der Waals surface area contributed by atoms with Gasteiger partial charge in [-0.1, -0.05) is 12.1 Å². The maximum absolute atomic E-state index is 12.4. The summed E-state index contributed by atoms with van der Waals surface area (Å²) in [7, 11) is -1.32. The molecule has 1 unspecified atom stereocenters. The van der Waals surface area contributed by atoms with Crippen molar-refractivity contribution in [1.29, 1.82) is 0 Å². The molecule has 1 saturated heterocycles. The van der Waals surface area contributed by atoms with Crippen molar-refractivity contribution in [3.63, 3.8) is 0 Å². The van der Waals surface area contributed by atoms with Crippen LogP contribution in [0.1, 0.15) is 18.4 Å². The number of carbonyl (C=O) groups is 1. The first-order chi connectivity index (χ1) is 9.13. The van der Waals surface area contributed by atoms with Gasteiger partial charge in [0.15, 0.2) is 0 Å². The highest BCUT2D eigenvalue weighted by molar-refractivity contribution is 7.82. The number of rotatable bonds is 5. The lowest BCUT2D eigenvalue weighted by molar-refractivity contribution is -0.120. The molecule has 0 aliphatic carbocycles. The maximum Gasteiger partial charge on any atom is 0.235 e. The van der Waals surface area contributed by atoms with E-state index in [1.54, 1.807) is 4.31 Å². The number of amides is 1. The van der Waals surface area contributed by atoms with Crippen LogP contribution < -0.4 is 11.5 Å². The Hall–Kier alpha value is -1.24. The molecule has 1 aromatic rings. The van der Waals surface area contributed by atoms with Crippen molar-refractivity contribution in [2.45, 2.75) is 30.2 Å². The zero-order valence-electron chi connectivity index (χ0n) is 10.7. The van der Waals surface area contributed by atoms with Gasteiger partial charge in [-0.25, -0.2) is 8.51 Å². The lowest BCUT2D eigenvalue weighted by Crippen LogP contribution is -2.41. The Morgan fingerprint density at radius 1 is 1.37 bits per heavy atom. The van der Waals surface area contributed by atoms with E-state index in [1.807, 2.05) is 24.3 Å². The van der Waals surface area contributed by atoms with E-state index in [1.165, 1.54) is 0 Å². The van der Waals surface area contributed by atoms with Crippen LogP contribution in [0.25, 0.3) is 0 Å². The van der Waals surface area contributed by atoms with E-state index in [4.69, 9.17) is 11.5 Å². The van der Waals surface area contributed by atoms with Crippen LogP contribution in [0.5, 0.6) is 0 Å². The fourth-order valence-electron chi connectivity index (χ4n) is 2.30. The molecule has 6 heteroatoms. The van der Waals surface area contributed by atoms with Crippen LogP contribution in [-0.4, -0.2) is 33.6 Å². The number of nitrogens with two attached hydrogens (primary N) is 2. The molecule has 19 heavy (non-hydrogen) atoms. The van der Waals surface area contributed by atoms with Gasteiger partial charge >= 0.3 is 0 Å². The lowest BCUT2D eigenvalue weighted by atomic mass is 10.2. The van der Waals surface area contributed by atoms with E-state index in [2.05, 4.69) is 0 Å². The summed E-state index contributed by atoms with van der Waals surface area (Å²) < 4.78 is 14.1. The zero-order chi connectivity index (χ0) is 13.8. The third kappa shape index (κ3) is 3.20. The van der Waals surface area contributed by atoms with Crippen molar-refractivity contribution in [3.05, 3.63) is 29.8 Å². The van der Waals surface area contributed by atoms with E-state index in [0.29, 0.717) is 24.4 Å². The van der Waals surface area contributed by atoms with Crippen molar-refractivity contribution in [2.75, 3.05) is 13.1 Å². The zero-order valence-corrected chi connectivity index (χ0v) is 11.6. The van der Waals surface area contributed by atoms with Gasteiger partial charge < -0.3 is 11.5 Å². The number of carbonyl (C=O) groups excluding carboxylic acids is 1.